The van der Waals surface area contributed by atoms with Crippen LogP contribution < -0.4 is 5.32 Å². The van der Waals surface area contributed by atoms with E-state index in [9.17, 15) is 4.39 Å². The Labute approximate surface area is 118 Å². The van der Waals surface area contributed by atoms with Crippen molar-refractivity contribution in [2.45, 2.75) is 33.2 Å². The molecule has 2 rings (SSSR count). The zero-order valence-electron chi connectivity index (χ0n) is 11.9. The maximum Gasteiger partial charge on any atom is 0.129 e. The van der Waals surface area contributed by atoms with Gasteiger partial charge in [-0.15, -0.1) is 11.3 Å². The second kappa shape index (κ2) is 5.85. The van der Waals surface area contributed by atoms with Crippen LogP contribution in [0.1, 0.15) is 40.1 Å². The molecule has 19 heavy (non-hydrogen) atoms. The summed E-state index contributed by atoms with van der Waals surface area (Å²) in [5.41, 5.74) is 3.93. The van der Waals surface area contributed by atoms with Crippen molar-refractivity contribution in [1.82, 2.24) is 5.32 Å². The van der Waals surface area contributed by atoms with Crippen LogP contribution >= 0.6 is 11.3 Å². The maximum atomic E-state index is 13.7. The highest BCUT2D eigenvalue weighted by Crippen LogP contribution is 2.31. The third-order valence-corrected chi connectivity index (χ3v) is 4.53. The lowest BCUT2D eigenvalue weighted by molar-refractivity contribution is 0.605. The van der Waals surface area contributed by atoms with E-state index < -0.39 is 0 Å². The van der Waals surface area contributed by atoms with Gasteiger partial charge in [-0.2, -0.15) is 0 Å². The predicted octanol–water partition coefficient (Wildman–Crippen LogP) is 4.38. The van der Waals surface area contributed by atoms with Crippen LogP contribution in [-0.2, 0) is 6.42 Å². The Bertz CT molecular complexity index is 551. The van der Waals surface area contributed by atoms with Crippen molar-refractivity contribution in [2.24, 2.45) is 0 Å². The molecule has 0 bridgehead atoms. The van der Waals surface area contributed by atoms with Crippen LogP contribution in [0.5, 0.6) is 0 Å². The molecule has 0 fully saturated rings. The van der Waals surface area contributed by atoms with Gasteiger partial charge in [0, 0.05) is 4.88 Å². The molecule has 0 spiro atoms. The number of aryl methyl sites for hydroxylation is 3. The van der Waals surface area contributed by atoms with Gasteiger partial charge in [0.25, 0.3) is 0 Å². The Kier molecular flexibility index (Phi) is 4.38. The molecule has 1 aromatic heterocycles. The van der Waals surface area contributed by atoms with E-state index in [4.69, 9.17) is 0 Å². The molecule has 1 aromatic carbocycles. The Balaban J connectivity index is 2.48. The van der Waals surface area contributed by atoms with Crippen LogP contribution in [0.4, 0.5) is 4.39 Å². The minimum absolute atomic E-state index is 0.0968. The highest BCUT2D eigenvalue weighted by atomic mass is 32.1. The number of rotatable bonds is 4. The summed E-state index contributed by atoms with van der Waals surface area (Å²) in [6, 6.07) is 6.21. The molecule has 0 amide bonds. The topological polar surface area (TPSA) is 12.0 Å². The Hall–Kier alpha value is -1.19. The van der Waals surface area contributed by atoms with Gasteiger partial charge in [0.15, 0.2) is 0 Å². The van der Waals surface area contributed by atoms with Crippen LogP contribution in [0, 0.1) is 19.7 Å². The first-order chi connectivity index (χ1) is 9.08. The number of halogens is 1. The summed E-state index contributed by atoms with van der Waals surface area (Å²) in [6.07, 6.45) is 1.02. The fourth-order valence-electron chi connectivity index (χ4n) is 2.49. The number of nitrogens with one attached hydrogen (secondary N) is 1. The molecule has 2 aromatic rings. The third kappa shape index (κ3) is 2.72. The van der Waals surface area contributed by atoms with Crippen LogP contribution in [-0.4, -0.2) is 7.05 Å². The lowest BCUT2D eigenvalue weighted by Gasteiger charge is -2.19. The van der Waals surface area contributed by atoms with Gasteiger partial charge in [0.05, 0.1) is 6.04 Å². The molecule has 0 aliphatic rings. The zero-order valence-corrected chi connectivity index (χ0v) is 12.7. The van der Waals surface area contributed by atoms with E-state index in [1.807, 2.05) is 33.0 Å². The molecular weight excluding hydrogens is 257 g/mol. The minimum atomic E-state index is -0.0968. The van der Waals surface area contributed by atoms with Gasteiger partial charge in [-0.1, -0.05) is 19.1 Å². The Morgan fingerprint density at radius 3 is 2.42 bits per heavy atom. The normalized spacial score (nSPS) is 12.7. The summed E-state index contributed by atoms with van der Waals surface area (Å²) in [4.78, 5) is 1.33. The largest absolute Gasteiger partial charge is 0.309 e. The summed E-state index contributed by atoms with van der Waals surface area (Å²) in [5, 5.41) is 5.48. The van der Waals surface area contributed by atoms with Crippen molar-refractivity contribution in [3.8, 4) is 0 Å². The summed E-state index contributed by atoms with van der Waals surface area (Å²) in [7, 11) is 1.96. The fourth-order valence-corrected chi connectivity index (χ4v) is 3.62. The van der Waals surface area contributed by atoms with Crippen molar-refractivity contribution < 1.29 is 4.39 Å². The Morgan fingerprint density at radius 2 is 1.89 bits per heavy atom. The number of benzene rings is 1. The van der Waals surface area contributed by atoms with E-state index in [2.05, 4.69) is 23.7 Å². The molecular formula is C16H20FNS. The summed E-state index contributed by atoms with van der Waals surface area (Å²) in [6.45, 7) is 5.82. The summed E-state index contributed by atoms with van der Waals surface area (Å²) < 4.78 is 13.7. The SMILES string of the molecule is CCc1ccsc1C(NC)c1cc(C)c(F)c(C)c1. The molecule has 1 N–H and O–H groups in total. The molecule has 102 valence electrons. The monoisotopic (exact) mass is 277 g/mol. The first-order valence-electron chi connectivity index (χ1n) is 6.58. The molecule has 0 saturated heterocycles. The highest BCUT2D eigenvalue weighted by molar-refractivity contribution is 7.10. The first-order valence-corrected chi connectivity index (χ1v) is 7.46. The van der Waals surface area contributed by atoms with Crippen molar-refractivity contribution in [3.05, 3.63) is 56.5 Å². The van der Waals surface area contributed by atoms with Gasteiger partial charge in [0.2, 0.25) is 0 Å². The quantitative estimate of drug-likeness (QED) is 0.874. The molecule has 1 heterocycles. The molecule has 1 unspecified atom stereocenters. The molecule has 1 nitrogen and oxygen atoms in total. The van der Waals surface area contributed by atoms with E-state index in [-0.39, 0.29) is 11.9 Å². The van der Waals surface area contributed by atoms with Gasteiger partial charge in [-0.25, -0.2) is 4.39 Å². The zero-order chi connectivity index (χ0) is 14.0. The summed E-state index contributed by atoms with van der Waals surface area (Å²) in [5.74, 6) is -0.0968. The van der Waals surface area contributed by atoms with Crippen LogP contribution in [0.25, 0.3) is 0 Å². The van der Waals surface area contributed by atoms with Crippen molar-refractivity contribution >= 4 is 11.3 Å². The second-order valence-electron chi connectivity index (χ2n) is 4.85. The highest BCUT2D eigenvalue weighted by Gasteiger charge is 2.18. The van der Waals surface area contributed by atoms with Gasteiger partial charge in [-0.05, 0) is 61.0 Å². The van der Waals surface area contributed by atoms with E-state index in [0.717, 1.165) is 12.0 Å². The van der Waals surface area contributed by atoms with Gasteiger partial charge >= 0.3 is 0 Å². The van der Waals surface area contributed by atoms with E-state index in [0.29, 0.717) is 11.1 Å². The van der Waals surface area contributed by atoms with Crippen molar-refractivity contribution in [3.63, 3.8) is 0 Å². The van der Waals surface area contributed by atoms with Crippen LogP contribution in [0.2, 0.25) is 0 Å². The smallest absolute Gasteiger partial charge is 0.129 e. The molecule has 0 aliphatic heterocycles. The Morgan fingerprint density at radius 1 is 1.26 bits per heavy atom. The number of hydrogen-bond donors (Lipinski definition) is 1. The average Bonchev–Trinajstić information content (AvgIpc) is 2.85. The first kappa shape index (κ1) is 14.2. The number of hydrogen-bond acceptors (Lipinski definition) is 2. The van der Waals surface area contributed by atoms with E-state index >= 15 is 0 Å². The van der Waals surface area contributed by atoms with Gasteiger partial charge in [0.1, 0.15) is 5.82 Å². The minimum Gasteiger partial charge on any atom is -0.309 e. The lowest BCUT2D eigenvalue weighted by atomic mass is 9.97. The molecule has 0 aliphatic carbocycles. The van der Waals surface area contributed by atoms with Crippen LogP contribution in [0.15, 0.2) is 23.6 Å². The predicted molar refractivity (Wildman–Crippen MR) is 80.5 cm³/mol. The maximum absolute atomic E-state index is 13.7. The fraction of sp³-hybridized carbons (Fsp3) is 0.375. The summed E-state index contributed by atoms with van der Waals surface area (Å²) >= 11 is 1.76. The average molecular weight is 277 g/mol. The lowest BCUT2D eigenvalue weighted by Crippen LogP contribution is -2.18. The van der Waals surface area contributed by atoms with Crippen molar-refractivity contribution in [1.29, 1.82) is 0 Å². The number of thiophene rings is 1. The van der Waals surface area contributed by atoms with E-state index in [1.165, 1.54) is 10.4 Å². The van der Waals surface area contributed by atoms with Gasteiger partial charge in [-0.3, -0.25) is 0 Å². The third-order valence-electron chi connectivity index (χ3n) is 3.50. The van der Waals surface area contributed by atoms with Gasteiger partial charge < -0.3 is 5.32 Å². The van der Waals surface area contributed by atoms with Crippen molar-refractivity contribution in [2.75, 3.05) is 7.05 Å². The molecule has 0 saturated carbocycles. The van der Waals surface area contributed by atoms with Crippen LogP contribution in [0.3, 0.4) is 0 Å². The van der Waals surface area contributed by atoms with E-state index in [1.54, 1.807) is 11.3 Å². The molecule has 3 heteroatoms. The molecule has 1 atom stereocenters. The second-order valence-corrected chi connectivity index (χ2v) is 5.80. The molecule has 0 radical (unpaired) electrons. The standard InChI is InChI=1S/C16H20FNS/c1-5-12-6-7-19-16(12)15(18-4)13-8-10(2)14(17)11(3)9-13/h6-9,15,18H,5H2,1-4H3.